The Bertz CT molecular complexity index is 1380. The van der Waals surface area contributed by atoms with Crippen molar-refractivity contribution in [3.63, 3.8) is 0 Å². The highest BCUT2D eigenvalue weighted by Gasteiger charge is 2.19. The van der Waals surface area contributed by atoms with Gasteiger partial charge in [0.25, 0.3) is 11.8 Å². The van der Waals surface area contributed by atoms with Crippen LogP contribution in [0.3, 0.4) is 0 Å². The van der Waals surface area contributed by atoms with E-state index in [0.29, 0.717) is 34.6 Å². The second-order valence-electron chi connectivity index (χ2n) is 7.83. The third-order valence-corrected chi connectivity index (χ3v) is 5.48. The molecule has 3 aromatic rings. The van der Waals surface area contributed by atoms with Gasteiger partial charge < -0.3 is 20.7 Å². The Kier molecular flexibility index (Phi) is 7.96. The Hall–Kier alpha value is -4.78. The maximum atomic E-state index is 14.1. The predicted octanol–water partition coefficient (Wildman–Crippen LogP) is 3.39. The molecule has 0 aliphatic carbocycles. The molecule has 0 aliphatic heterocycles. The minimum Gasteiger partial charge on any atom is -0.493 e. The molecule has 9 nitrogen and oxygen atoms in total. The number of amides is 2. The molecule has 3 rings (SSSR count). The zero-order chi connectivity index (χ0) is 26.4. The standard InChI is InChI=1S/C26H25FN6O3/c1-4-36-23-10-16(5-7-18(23)15-6-8-21(27)19(9-15)25(34)31-2)26(35)33(3)14-17-12-32-13-20(24(17)30)22(29)11-28/h5-10,12-13,29H,4,14H2,1-3H3,(H2,30,32)(H,31,34). The van der Waals surface area contributed by atoms with E-state index in [-0.39, 0.29) is 35.0 Å². The van der Waals surface area contributed by atoms with Crippen LogP contribution in [0, 0.1) is 22.6 Å². The van der Waals surface area contributed by atoms with Crippen LogP contribution in [0.4, 0.5) is 10.1 Å². The SMILES string of the molecule is CCOc1cc(C(=O)N(C)Cc2cncc(C(=N)C#N)c2N)ccc1-c1ccc(F)c(C(=O)NC)c1. The molecule has 0 bridgehead atoms. The van der Waals surface area contributed by atoms with Gasteiger partial charge in [0, 0.05) is 55.4 Å². The lowest BCUT2D eigenvalue weighted by Crippen LogP contribution is -2.27. The number of pyridine rings is 1. The zero-order valence-electron chi connectivity index (χ0n) is 20.1. The molecule has 2 aromatic carbocycles. The Morgan fingerprint density at radius 3 is 2.64 bits per heavy atom. The number of hydrogen-bond acceptors (Lipinski definition) is 7. The third kappa shape index (κ3) is 5.31. The number of hydrogen-bond donors (Lipinski definition) is 3. The fourth-order valence-corrected chi connectivity index (χ4v) is 3.62. The predicted molar refractivity (Wildman–Crippen MR) is 133 cm³/mol. The molecule has 36 heavy (non-hydrogen) atoms. The summed E-state index contributed by atoms with van der Waals surface area (Å²) in [7, 11) is 3.01. The second-order valence-corrected chi connectivity index (χ2v) is 7.83. The molecule has 184 valence electrons. The van der Waals surface area contributed by atoms with Crippen molar-refractivity contribution in [1.82, 2.24) is 15.2 Å². The van der Waals surface area contributed by atoms with Gasteiger partial charge in [0.1, 0.15) is 23.3 Å². The lowest BCUT2D eigenvalue weighted by molar-refractivity contribution is 0.0784. The number of halogens is 1. The molecular weight excluding hydrogens is 463 g/mol. The number of nitrogens with one attached hydrogen (secondary N) is 2. The summed E-state index contributed by atoms with van der Waals surface area (Å²) in [5.74, 6) is -1.12. The normalized spacial score (nSPS) is 10.3. The summed E-state index contributed by atoms with van der Waals surface area (Å²) in [6.07, 6.45) is 2.82. The summed E-state index contributed by atoms with van der Waals surface area (Å²) in [5, 5.41) is 19.1. The smallest absolute Gasteiger partial charge is 0.254 e. The Morgan fingerprint density at radius 2 is 1.97 bits per heavy atom. The highest BCUT2D eigenvalue weighted by molar-refractivity contribution is 6.12. The van der Waals surface area contributed by atoms with E-state index in [0.717, 1.165) is 0 Å². The van der Waals surface area contributed by atoms with E-state index >= 15 is 0 Å². The quantitative estimate of drug-likeness (QED) is 0.415. The lowest BCUT2D eigenvalue weighted by atomic mass is 9.99. The van der Waals surface area contributed by atoms with Gasteiger partial charge in [0.05, 0.1) is 17.7 Å². The van der Waals surface area contributed by atoms with Crippen LogP contribution in [0.5, 0.6) is 5.75 Å². The summed E-state index contributed by atoms with van der Waals surface area (Å²) in [6.45, 7) is 2.22. The topological polar surface area (TPSA) is 145 Å². The van der Waals surface area contributed by atoms with Gasteiger partial charge in [-0.05, 0) is 42.8 Å². The van der Waals surface area contributed by atoms with Gasteiger partial charge in [-0.2, -0.15) is 5.26 Å². The van der Waals surface area contributed by atoms with Crippen LogP contribution in [-0.4, -0.2) is 48.1 Å². The van der Waals surface area contributed by atoms with Crippen LogP contribution in [0.25, 0.3) is 11.1 Å². The highest BCUT2D eigenvalue weighted by Crippen LogP contribution is 2.33. The van der Waals surface area contributed by atoms with Crippen molar-refractivity contribution in [1.29, 1.82) is 10.7 Å². The minimum absolute atomic E-state index is 0.101. The number of benzene rings is 2. The number of ether oxygens (including phenoxy) is 1. The summed E-state index contributed by atoms with van der Waals surface area (Å²) >= 11 is 0. The number of nitrogen functional groups attached to an aromatic ring is 1. The molecule has 0 aliphatic rings. The number of nitrogens with two attached hydrogens (primary N) is 1. The molecule has 0 saturated carbocycles. The maximum Gasteiger partial charge on any atom is 0.254 e. The van der Waals surface area contributed by atoms with Crippen LogP contribution in [0.15, 0.2) is 48.8 Å². The first-order chi connectivity index (χ1) is 17.2. The molecule has 1 heterocycles. The second kappa shape index (κ2) is 11.1. The molecule has 0 atom stereocenters. The Morgan fingerprint density at radius 1 is 1.22 bits per heavy atom. The maximum absolute atomic E-state index is 14.1. The van der Waals surface area contributed by atoms with E-state index in [4.69, 9.17) is 21.1 Å². The van der Waals surface area contributed by atoms with Crippen molar-refractivity contribution in [2.75, 3.05) is 26.4 Å². The van der Waals surface area contributed by atoms with Crippen LogP contribution < -0.4 is 15.8 Å². The van der Waals surface area contributed by atoms with E-state index in [2.05, 4.69) is 10.3 Å². The first kappa shape index (κ1) is 25.8. The molecule has 0 radical (unpaired) electrons. The van der Waals surface area contributed by atoms with Gasteiger partial charge in [-0.1, -0.05) is 6.07 Å². The van der Waals surface area contributed by atoms with Crippen molar-refractivity contribution in [3.8, 4) is 22.9 Å². The number of carbonyl (C=O) groups is 2. The average molecular weight is 489 g/mol. The number of aromatic nitrogens is 1. The summed E-state index contributed by atoms with van der Waals surface area (Å²) in [5.41, 5.74) is 8.09. The monoisotopic (exact) mass is 488 g/mol. The Balaban J connectivity index is 1.92. The molecule has 0 spiro atoms. The van der Waals surface area contributed by atoms with Crippen molar-refractivity contribution in [3.05, 3.63) is 76.9 Å². The summed E-state index contributed by atoms with van der Waals surface area (Å²) < 4.78 is 19.9. The average Bonchev–Trinajstić information content (AvgIpc) is 2.89. The van der Waals surface area contributed by atoms with Crippen LogP contribution in [0.1, 0.15) is 38.8 Å². The van der Waals surface area contributed by atoms with E-state index < -0.39 is 11.7 Å². The fourth-order valence-electron chi connectivity index (χ4n) is 3.62. The van der Waals surface area contributed by atoms with Crippen LogP contribution in [0.2, 0.25) is 0 Å². The third-order valence-electron chi connectivity index (χ3n) is 5.48. The number of carbonyl (C=O) groups excluding carboxylic acids is 2. The van der Waals surface area contributed by atoms with E-state index in [1.807, 2.05) is 0 Å². The van der Waals surface area contributed by atoms with Crippen molar-refractivity contribution < 1.29 is 18.7 Å². The summed E-state index contributed by atoms with van der Waals surface area (Å²) in [6, 6.07) is 10.8. The van der Waals surface area contributed by atoms with Crippen molar-refractivity contribution in [2.24, 2.45) is 0 Å². The fraction of sp³-hybridized carbons (Fsp3) is 0.192. The molecule has 0 unspecified atom stereocenters. The molecule has 4 N–H and O–H groups in total. The first-order valence-electron chi connectivity index (χ1n) is 11.0. The van der Waals surface area contributed by atoms with E-state index in [1.54, 1.807) is 38.2 Å². The van der Waals surface area contributed by atoms with Gasteiger partial charge in [-0.25, -0.2) is 4.39 Å². The summed E-state index contributed by atoms with van der Waals surface area (Å²) in [4.78, 5) is 30.7. The largest absolute Gasteiger partial charge is 0.493 e. The number of rotatable bonds is 8. The van der Waals surface area contributed by atoms with Crippen molar-refractivity contribution in [2.45, 2.75) is 13.5 Å². The molecule has 2 amide bonds. The van der Waals surface area contributed by atoms with Gasteiger partial charge in [0.2, 0.25) is 0 Å². The lowest BCUT2D eigenvalue weighted by Gasteiger charge is -2.20. The number of nitriles is 1. The molecule has 0 saturated heterocycles. The van der Waals surface area contributed by atoms with Gasteiger partial charge in [-0.3, -0.25) is 20.0 Å². The van der Waals surface area contributed by atoms with E-state index in [9.17, 15) is 14.0 Å². The number of anilines is 1. The van der Waals surface area contributed by atoms with Crippen LogP contribution in [-0.2, 0) is 6.54 Å². The van der Waals surface area contributed by atoms with Crippen LogP contribution >= 0.6 is 0 Å². The first-order valence-corrected chi connectivity index (χ1v) is 11.0. The number of nitrogens with zero attached hydrogens (tertiary/aromatic N) is 3. The van der Waals surface area contributed by atoms with Gasteiger partial charge in [0.15, 0.2) is 0 Å². The van der Waals surface area contributed by atoms with E-state index in [1.165, 1.54) is 42.5 Å². The van der Waals surface area contributed by atoms with Crippen molar-refractivity contribution >= 4 is 23.2 Å². The molecule has 1 aromatic heterocycles. The highest BCUT2D eigenvalue weighted by atomic mass is 19.1. The zero-order valence-corrected chi connectivity index (χ0v) is 20.1. The van der Waals surface area contributed by atoms with Gasteiger partial charge >= 0.3 is 0 Å². The molecule has 0 fully saturated rings. The molecular formula is C26H25FN6O3. The van der Waals surface area contributed by atoms with Gasteiger partial charge in [-0.15, -0.1) is 0 Å². The molecule has 10 heteroatoms. The Labute approximate surface area is 207 Å². The minimum atomic E-state index is -0.646.